The van der Waals surface area contributed by atoms with Gasteiger partial charge in [-0.2, -0.15) is 0 Å². The van der Waals surface area contributed by atoms with Crippen LogP contribution in [0.3, 0.4) is 0 Å². The maximum atomic E-state index is 13.9. The number of ether oxygens (including phenoxy) is 2. The third-order valence-electron chi connectivity index (χ3n) is 5.12. The van der Waals surface area contributed by atoms with E-state index in [0.717, 1.165) is 15.6 Å². The second kappa shape index (κ2) is 8.53. The molecule has 0 aliphatic heterocycles. The number of hydrogen-bond donors (Lipinski definition) is 0. The van der Waals surface area contributed by atoms with Gasteiger partial charge in [-0.3, -0.25) is 4.79 Å². The topological polar surface area (TPSA) is 103 Å². The number of methoxy groups -OCH3 is 2. The number of rotatable bonds is 6. The average molecular weight is 488 g/mol. The van der Waals surface area contributed by atoms with Crippen LogP contribution in [0.15, 0.2) is 62.6 Å². The highest BCUT2D eigenvalue weighted by Crippen LogP contribution is 2.39. The van der Waals surface area contributed by atoms with Gasteiger partial charge in [0.05, 0.1) is 29.5 Å². The van der Waals surface area contributed by atoms with E-state index in [2.05, 4.69) is 0 Å². The standard InChI is InChI=1S/C23H21NO7S2/c1-13(2)22(25)24(33(27,28)14-9-10-18(29-3)19(11-14)30-4)17-12-20-21(31-23(26)32-20)16-8-6-5-7-15(16)17/h5-13H,1-4H3. The van der Waals surface area contributed by atoms with Crippen molar-refractivity contribution in [2.75, 3.05) is 18.5 Å². The third kappa shape index (κ3) is 3.85. The molecule has 0 N–H and O–H groups in total. The lowest BCUT2D eigenvalue weighted by Gasteiger charge is -2.26. The Balaban J connectivity index is 2.04. The molecule has 0 spiro atoms. The fourth-order valence-corrected chi connectivity index (χ4v) is 5.82. The van der Waals surface area contributed by atoms with Crippen LogP contribution in [0.5, 0.6) is 11.5 Å². The maximum absolute atomic E-state index is 13.9. The highest BCUT2D eigenvalue weighted by Gasteiger charge is 2.35. The van der Waals surface area contributed by atoms with E-state index in [4.69, 9.17) is 13.9 Å². The Bertz CT molecular complexity index is 1530. The monoisotopic (exact) mass is 487 g/mol. The van der Waals surface area contributed by atoms with E-state index >= 15 is 0 Å². The van der Waals surface area contributed by atoms with Gasteiger partial charge < -0.3 is 13.9 Å². The molecule has 0 unspecified atom stereocenters. The van der Waals surface area contributed by atoms with Crippen LogP contribution in [0.1, 0.15) is 13.8 Å². The van der Waals surface area contributed by atoms with E-state index in [1.165, 1.54) is 38.5 Å². The van der Waals surface area contributed by atoms with Gasteiger partial charge in [0.2, 0.25) is 5.91 Å². The van der Waals surface area contributed by atoms with Crippen LogP contribution < -0.4 is 18.7 Å². The van der Waals surface area contributed by atoms with Crippen molar-refractivity contribution < 1.29 is 27.1 Å². The molecule has 172 valence electrons. The van der Waals surface area contributed by atoms with Crippen LogP contribution in [-0.4, -0.2) is 28.5 Å². The lowest BCUT2D eigenvalue weighted by Crippen LogP contribution is -2.39. The lowest BCUT2D eigenvalue weighted by molar-refractivity contribution is -0.120. The van der Waals surface area contributed by atoms with Crippen LogP contribution in [0.4, 0.5) is 5.69 Å². The molecule has 0 aliphatic rings. The molecule has 0 saturated heterocycles. The molecular weight excluding hydrogens is 466 g/mol. The van der Waals surface area contributed by atoms with E-state index in [-0.39, 0.29) is 16.3 Å². The third-order valence-corrected chi connectivity index (χ3v) is 7.60. The minimum atomic E-state index is -4.37. The normalized spacial score (nSPS) is 11.8. The van der Waals surface area contributed by atoms with E-state index in [1.54, 1.807) is 38.1 Å². The van der Waals surface area contributed by atoms with Crippen LogP contribution in [0.2, 0.25) is 0 Å². The summed E-state index contributed by atoms with van der Waals surface area (Å²) in [6, 6.07) is 12.5. The van der Waals surface area contributed by atoms with E-state index in [9.17, 15) is 18.0 Å². The van der Waals surface area contributed by atoms with E-state index in [0.29, 0.717) is 26.8 Å². The highest BCUT2D eigenvalue weighted by molar-refractivity contribution is 7.93. The van der Waals surface area contributed by atoms with Crippen molar-refractivity contribution in [1.29, 1.82) is 0 Å². The zero-order valence-corrected chi connectivity index (χ0v) is 20.0. The largest absolute Gasteiger partial charge is 0.493 e. The molecule has 0 radical (unpaired) electrons. The molecule has 3 aromatic carbocycles. The van der Waals surface area contributed by atoms with Gasteiger partial charge in [-0.15, -0.1) is 0 Å². The van der Waals surface area contributed by atoms with Crippen molar-refractivity contribution >= 4 is 54.0 Å². The van der Waals surface area contributed by atoms with Gasteiger partial charge in [-0.25, -0.2) is 17.5 Å². The molecule has 4 aromatic rings. The second-order valence-electron chi connectivity index (χ2n) is 7.50. The summed E-state index contributed by atoms with van der Waals surface area (Å²) in [7, 11) is -1.53. The van der Waals surface area contributed by atoms with Crippen molar-refractivity contribution in [2.45, 2.75) is 18.7 Å². The molecule has 1 heterocycles. The number of carbonyl (C=O) groups is 1. The Labute approximate surface area is 194 Å². The first-order valence-corrected chi connectivity index (χ1v) is 12.2. The Morgan fingerprint density at radius 3 is 2.30 bits per heavy atom. The molecule has 0 aliphatic carbocycles. The number of amides is 1. The quantitative estimate of drug-likeness (QED) is 0.397. The highest BCUT2D eigenvalue weighted by atomic mass is 32.2. The first-order chi connectivity index (χ1) is 15.7. The van der Waals surface area contributed by atoms with Gasteiger partial charge >= 0.3 is 4.94 Å². The first kappa shape index (κ1) is 22.8. The number of fused-ring (bicyclic) bond motifs is 3. The minimum absolute atomic E-state index is 0.140. The Morgan fingerprint density at radius 2 is 1.67 bits per heavy atom. The van der Waals surface area contributed by atoms with Crippen molar-refractivity contribution in [3.05, 3.63) is 58.3 Å². The molecule has 8 nitrogen and oxygen atoms in total. The smallest absolute Gasteiger partial charge is 0.396 e. The van der Waals surface area contributed by atoms with Gasteiger partial charge in [0.25, 0.3) is 10.0 Å². The second-order valence-corrected chi connectivity index (χ2v) is 10.3. The molecule has 33 heavy (non-hydrogen) atoms. The summed E-state index contributed by atoms with van der Waals surface area (Å²) in [5, 5.41) is 0.997. The van der Waals surface area contributed by atoms with Crippen LogP contribution in [-0.2, 0) is 14.8 Å². The van der Waals surface area contributed by atoms with Crippen LogP contribution in [0.25, 0.3) is 21.1 Å². The number of benzene rings is 3. The number of sulfonamides is 1. The molecule has 1 aromatic heterocycles. The first-order valence-electron chi connectivity index (χ1n) is 9.95. The molecular formula is C23H21NO7S2. The molecule has 4 rings (SSSR count). The van der Waals surface area contributed by atoms with Crippen molar-refractivity contribution in [1.82, 2.24) is 0 Å². The molecule has 0 bridgehead atoms. The molecule has 0 saturated carbocycles. The summed E-state index contributed by atoms with van der Waals surface area (Å²) in [4.78, 5) is 24.6. The number of hydrogen-bond acceptors (Lipinski definition) is 8. The molecule has 0 atom stereocenters. The van der Waals surface area contributed by atoms with Crippen molar-refractivity contribution in [3.8, 4) is 11.5 Å². The van der Waals surface area contributed by atoms with Gasteiger partial charge in [0.1, 0.15) is 0 Å². The summed E-state index contributed by atoms with van der Waals surface area (Å²) in [5.74, 6) is -0.681. The van der Waals surface area contributed by atoms with Crippen molar-refractivity contribution in [2.24, 2.45) is 5.92 Å². The van der Waals surface area contributed by atoms with Gasteiger partial charge in [0.15, 0.2) is 17.1 Å². The number of anilines is 1. The van der Waals surface area contributed by atoms with Crippen LogP contribution >= 0.6 is 11.3 Å². The van der Waals surface area contributed by atoms with E-state index < -0.39 is 26.8 Å². The zero-order valence-electron chi connectivity index (χ0n) is 18.3. The van der Waals surface area contributed by atoms with E-state index in [1.807, 2.05) is 0 Å². The molecule has 0 fully saturated rings. The number of carbonyl (C=O) groups excluding carboxylic acids is 1. The predicted octanol–water partition coefficient (Wildman–Crippen LogP) is 4.40. The summed E-state index contributed by atoms with van der Waals surface area (Å²) < 4.78 is 44.7. The zero-order chi connectivity index (χ0) is 23.9. The Kier molecular flexibility index (Phi) is 5.89. The van der Waals surface area contributed by atoms with Crippen molar-refractivity contribution in [3.63, 3.8) is 0 Å². The number of nitrogens with zero attached hydrogens (tertiary/aromatic N) is 1. The van der Waals surface area contributed by atoms with Gasteiger partial charge in [-0.1, -0.05) is 49.4 Å². The van der Waals surface area contributed by atoms with Crippen LogP contribution in [0, 0.1) is 5.92 Å². The predicted molar refractivity (Wildman–Crippen MR) is 127 cm³/mol. The fourth-order valence-electron chi connectivity index (χ4n) is 3.53. The SMILES string of the molecule is COc1ccc(S(=O)(=O)N(C(=O)C(C)C)c2cc3sc(=O)oc3c3ccccc23)cc1OC. The average Bonchev–Trinajstić information content (AvgIpc) is 3.18. The fraction of sp³-hybridized carbons (Fsp3) is 0.217. The summed E-state index contributed by atoms with van der Waals surface area (Å²) in [6.45, 7) is 3.24. The Morgan fingerprint density at radius 1 is 1.00 bits per heavy atom. The summed E-state index contributed by atoms with van der Waals surface area (Å²) >= 11 is 0.845. The van der Waals surface area contributed by atoms with Gasteiger partial charge in [0, 0.05) is 22.8 Å². The summed E-state index contributed by atoms with van der Waals surface area (Å²) in [6.07, 6.45) is 0. The molecule has 10 heteroatoms. The lowest BCUT2D eigenvalue weighted by atomic mass is 10.1. The summed E-state index contributed by atoms with van der Waals surface area (Å²) in [5.41, 5.74) is 0.494. The van der Waals surface area contributed by atoms with Gasteiger partial charge in [-0.05, 0) is 18.2 Å². The maximum Gasteiger partial charge on any atom is 0.396 e. The molecule has 1 amide bonds. The Hall–Kier alpha value is -3.37. The minimum Gasteiger partial charge on any atom is -0.493 e.